The Hall–Kier alpha value is -2.64. The Morgan fingerprint density at radius 3 is 2.00 bits per heavy atom. The van der Waals surface area contributed by atoms with Crippen molar-refractivity contribution >= 4 is 17.3 Å². The van der Waals surface area contributed by atoms with Crippen LogP contribution < -0.4 is 11.1 Å². The van der Waals surface area contributed by atoms with Crippen LogP contribution in [0.1, 0.15) is 10.4 Å². The second kappa shape index (κ2) is 5.39. The molecule has 21 heavy (non-hydrogen) atoms. The number of hydrogen-bond acceptors (Lipinski definition) is 2. The number of nitrogens with one attached hydrogen (secondary N) is 1. The minimum atomic E-state index is -1.70. The van der Waals surface area contributed by atoms with Gasteiger partial charge in [0.1, 0.15) is 11.6 Å². The second-order valence-corrected chi connectivity index (χ2v) is 4.06. The molecule has 0 atom stereocenters. The molecule has 0 aliphatic carbocycles. The molecule has 0 saturated heterocycles. The predicted octanol–water partition coefficient (Wildman–Crippen LogP) is 3.22. The minimum Gasteiger partial charge on any atom is -0.396 e. The molecule has 0 fully saturated rings. The quantitative estimate of drug-likeness (QED) is 0.508. The van der Waals surface area contributed by atoms with Gasteiger partial charge in [-0.3, -0.25) is 4.79 Å². The summed E-state index contributed by atoms with van der Waals surface area (Å²) in [7, 11) is 0. The molecule has 2 aromatic rings. The summed E-state index contributed by atoms with van der Waals surface area (Å²) in [5.41, 5.74) is 3.67. The van der Waals surface area contributed by atoms with Gasteiger partial charge in [0.15, 0.2) is 17.5 Å². The minimum absolute atomic E-state index is 0.399. The zero-order chi connectivity index (χ0) is 15.7. The Labute approximate surface area is 115 Å². The van der Waals surface area contributed by atoms with Gasteiger partial charge in [-0.2, -0.15) is 0 Å². The molecule has 1 amide bonds. The number of nitrogen functional groups attached to an aromatic ring is 1. The van der Waals surface area contributed by atoms with Gasteiger partial charge in [-0.15, -0.1) is 0 Å². The first-order chi connectivity index (χ1) is 9.79. The number of hydrogen-bond donors (Lipinski definition) is 2. The SMILES string of the molecule is Nc1cc(C(=O)Nc2cc(F)c(F)c(F)c2)c(F)cc1F. The first-order valence-electron chi connectivity index (χ1n) is 5.50. The number of amides is 1. The van der Waals surface area contributed by atoms with Crippen LogP contribution in [0.4, 0.5) is 33.3 Å². The molecule has 0 aromatic heterocycles. The van der Waals surface area contributed by atoms with Gasteiger partial charge in [-0.25, -0.2) is 22.0 Å². The molecule has 0 radical (unpaired) electrons. The van der Waals surface area contributed by atoms with E-state index in [0.717, 1.165) is 6.07 Å². The summed E-state index contributed by atoms with van der Waals surface area (Å²) in [5, 5.41) is 1.95. The molecule has 8 heteroatoms. The number of anilines is 2. The van der Waals surface area contributed by atoms with Gasteiger partial charge in [-0.05, 0) is 6.07 Å². The van der Waals surface area contributed by atoms with Crippen molar-refractivity contribution < 1.29 is 26.7 Å². The van der Waals surface area contributed by atoms with E-state index >= 15 is 0 Å². The van der Waals surface area contributed by atoms with Gasteiger partial charge < -0.3 is 11.1 Å². The number of carbonyl (C=O) groups is 1. The van der Waals surface area contributed by atoms with E-state index in [2.05, 4.69) is 0 Å². The highest BCUT2D eigenvalue weighted by Crippen LogP contribution is 2.20. The Morgan fingerprint density at radius 1 is 0.857 bits per heavy atom. The van der Waals surface area contributed by atoms with Crippen LogP contribution >= 0.6 is 0 Å². The lowest BCUT2D eigenvalue weighted by molar-refractivity contribution is 0.102. The lowest BCUT2D eigenvalue weighted by atomic mass is 10.1. The third-order valence-corrected chi connectivity index (χ3v) is 2.57. The summed E-state index contributed by atoms with van der Waals surface area (Å²) < 4.78 is 65.1. The smallest absolute Gasteiger partial charge is 0.258 e. The van der Waals surface area contributed by atoms with E-state index in [1.807, 2.05) is 5.32 Å². The maximum absolute atomic E-state index is 13.4. The van der Waals surface area contributed by atoms with E-state index in [4.69, 9.17) is 5.73 Å². The molecule has 0 spiro atoms. The van der Waals surface area contributed by atoms with Crippen molar-refractivity contribution in [2.24, 2.45) is 0 Å². The first-order valence-corrected chi connectivity index (χ1v) is 5.50. The van der Waals surface area contributed by atoms with Crippen LogP contribution in [0, 0.1) is 29.1 Å². The first kappa shape index (κ1) is 14.8. The molecule has 110 valence electrons. The molecule has 3 N–H and O–H groups in total. The molecule has 0 heterocycles. The summed E-state index contributed by atoms with van der Waals surface area (Å²) >= 11 is 0. The fourth-order valence-electron chi connectivity index (χ4n) is 1.57. The number of rotatable bonds is 2. The molecule has 3 nitrogen and oxygen atoms in total. The van der Waals surface area contributed by atoms with Crippen LogP contribution in [-0.4, -0.2) is 5.91 Å². The third-order valence-electron chi connectivity index (χ3n) is 2.57. The van der Waals surface area contributed by atoms with Crippen molar-refractivity contribution in [3.8, 4) is 0 Å². The van der Waals surface area contributed by atoms with E-state index in [9.17, 15) is 26.7 Å². The van der Waals surface area contributed by atoms with Gasteiger partial charge in [0.05, 0.1) is 11.3 Å². The van der Waals surface area contributed by atoms with Crippen LogP contribution in [0.3, 0.4) is 0 Å². The highest BCUT2D eigenvalue weighted by molar-refractivity contribution is 6.05. The van der Waals surface area contributed by atoms with Crippen molar-refractivity contribution in [3.05, 3.63) is 58.9 Å². The molecule has 0 unspecified atom stereocenters. The van der Waals surface area contributed by atoms with Gasteiger partial charge in [0, 0.05) is 23.9 Å². The molecule has 2 aromatic carbocycles. The van der Waals surface area contributed by atoms with E-state index in [1.165, 1.54) is 0 Å². The summed E-state index contributed by atoms with van der Waals surface area (Å²) in [6.45, 7) is 0. The van der Waals surface area contributed by atoms with Crippen molar-refractivity contribution in [3.63, 3.8) is 0 Å². The highest BCUT2D eigenvalue weighted by atomic mass is 19.2. The lowest BCUT2D eigenvalue weighted by Crippen LogP contribution is -2.15. The largest absolute Gasteiger partial charge is 0.396 e. The van der Waals surface area contributed by atoms with Crippen LogP contribution in [0.2, 0.25) is 0 Å². The van der Waals surface area contributed by atoms with Gasteiger partial charge in [-0.1, -0.05) is 0 Å². The van der Waals surface area contributed by atoms with E-state index in [-0.39, 0.29) is 0 Å². The highest BCUT2D eigenvalue weighted by Gasteiger charge is 2.17. The summed E-state index contributed by atoms with van der Waals surface area (Å²) in [6, 6.07) is 2.16. The molecule has 0 aliphatic rings. The summed E-state index contributed by atoms with van der Waals surface area (Å²) in [6.07, 6.45) is 0. The van der Waals surface area contributed by atoms with Crippen LogP contribution in [-0.2, 0) is 0 Å². The third kappa shape index (κ3) is 2.93. The Kier molecular flexibility index (Phi) is 3.79. The Balaban J connectivity index is 2.32. The molecule has 2 rings (SSSR count). The van der Waals surface area contributed by atoms with E-state index < -0.39 is 51.9 Å². The molecular weight excluding hydrogens is 295 g/mol. The molecule has 0 aliphatic heterocycles. The average Bonchev–Trinajstić information content (AvgIpc) is 2.40. The zero-order valence-electron chi connectivity index (χ0n) is 10.2. The van der Waals surface area contributed by atoms with Gasteiger partial charge in [0.2, 0.25) is 0 Å². The normalized spacial score (nSPS) is 10.5. The number of halogens is 5. The number of nitrogens with two attached hydrogens (primary N) is 1. The number of benzene rings is 2. The standard InChI is InChI=1S/C13H7F5N2O/c14-7-4-8(15)11(19)3-6(7)13(21)20-5-1-9(16)12(18)10(17)2-5/h1-4H,19H2,(H,20,21). The van der Waals surface area contributed by atoms with Crippen LogP contribution in [0.25, 0.3) is 0 Å². The van der Waals surface area contributed by atoms with Crippen molar-refractivity contribution in [2.45, 2.75) is 0 Å². The summed E-state index contributed by atoms with van der Waals surface area (Å²) in [4.78, 5) is 11.7. The van der Waals surface area contributed by atoms with Crippen molar-refractivity contribution in [1.82, 2.24) is 0 Å². The van der Waals surface area contributed by atoms with E-state index in [1.54, 1.807) is 0 Å². The van der Waals surface area contributed by atoms with Crippen molar-refractivity contribution in [2.75, 3.05) is 11.1 Å². The number of carbonyl (C=O) groups excluding carboxylic acids is 1. The predicted molar refractivity (Wildman–Crippen MR) is 65.0 cm³/mol. The summed E-state index contributed by atoms with van der Waals surface area (Å²) in [5.74, 6) is -8.13. The second-order valence-electron chi connectivity index (χ2n) is 4.06. The molecule has 0 saturated carbocycles. The molecular formula is C13H7F5N2O. The lowest BCUT2D eigenvalue weighted by Gasteiger charge is -2.08. The van der Waals surface area contributed by atoms with Gasteiger partial charge in [0.25, 0.3) is 5.91 Å². The maximum Gasteiger partial charge on any atom is 0.258 e. The monoisotopic (exact) mass is 302 g/mol. The van der Waals surface area contributed by atoms with Crippen LogP contribution in [0.5, 0.6) is 0 Å². The zero-order valence-corrected chi connectivity index (χ0v) is 10.2. The van der Waals surface area contributed by atoms with Gasteiger partial charge >= 0.3 is 0 Å². The fraction of sp³-hybridized carbons (Fsp3) is 0. The maximum atomic E-state index is 13.4. The Morgan fingerprint density at radius 2 is 1.43 bits per heavy atom. The van der Waals surface area contributed by atoms with E-state index in [0.29, 0.717) is 18.2 Å². The Bertz CT molecular complexity index is 710. The molecule has 0 bridgehead atoms. The average molecular weight is 302 g/mol. The fourth-order valence-corrected chi connectivity index (χ4v) is 1.57. The van der Waals surface area contributed by atoms with Crippen LogP contribution in [0.15, 0.2) is 24.3 Å². The topological polar surface area (TPSA) is 55.1 Å². The van der Waals surface area contributed by atoms with Crippen molar-refractivity contribution in [1.29, 1.82) is 0 Å².